The van der Waals surface area contributed by atoms with Gasteiger partial charge in [0.2, 0.25) is 0 Å². The Hall–Kier alpha value is -0.940. The van der Waals surface area contributed by atoms with E-state index >= 15 is 0 Å². The van der Waals surface area contributed by atoms with E-state index < -0.39 is 5.82 Å². The number of halogens is 2. The van der Waals surface area contributed by atoms with Crippen LogP contribution >= 0.6 is 22.9 Å². The molecule has 0 radical (unpaired) electrons. The maximum Gasteiger partial charge on any atom is 0.141 e. The summed E-state index contributed by atoms with van der Waals surface area (Å²) in [5, 5.41) is 0.145. The lowest BCUT2D eigenvalue weighted by Crippen LogP contribution is -2.29. The first-order valence-electron chi connectivity index (χ1n) is 5.98. The van der Waals surface area contributed by atoms with Crippen LogP contribution in [0.5, 0.6) is 0 Å². The van der Waals surface area contributed by atoms with E-state index in [1.807, 2.05) is 0 Å². The van der Waals surface area contributed by atoms with Gasteiger partial charge in [-0.25, -0.2) is 4.39 Å². The molecule has 5 heteroatoms. The molecule has 0 saturated heterocycles. The van der Waals surface area contributed by atoms with Crippen LogP contribution in [-0.2, 0) is 6.42 Å². The minimum Gasteiger partial charge on any atom is -0.271 e. The monoisotopic (exact) mass is 298 g/mol. The molecule has 2 nitrogen and oxygen atoms in total. The zero-order valence-electron chi connectivity index (χ0n) is 10.8. The number of hydrazine groups is 1. The number of hydrogen-bond donors (Lipinski definition) is 2. The fourth-order valence-corrected chi connectivity index (χ4v) is 3.22. The lowest BCUT2D eigenvalue weighted by molar-refractivity contribution is 0.559. The Kier molecular flexibility index (Phi) is 4.58. The van der Waals surface area contributed by atoms with Crippen LogP contribution < -0.4 is 11.3 Å². The molecular formula is C14H16ClFN2S. The predicted molar refractivity (Wildman–Crippen MR) is 79.0 cm³/mol. The lowest BCUT2D eigenvalue weighted by Gasteiger charge is -2.14. The van der Waals surface area contributed by atoms with Gasteiger partial charge in [0.05, 0.1) is 11.1 Å². The number of nitrogens with two attached hydrogens (primary N) is 1. The molecule has 1 unspecified atom stereocenters. The summed E-state index contributed by atoms with van der Waals surface area (Å²) in [4.78, 5) is 2.46. The Labute approximate surface area is 121 Å². The number of rotatable bonds is 4. The van der Waals surface area contributed by atoms with Gasteiger partial charge in [-0.3, -0.25) is 11.3 Å². The minimum atomic E-state index is -0.398. The van der Waals surface area contributed by atoms with E-state index in [0.717, 1.165) is 5.56 Å². The Morgan fingerprint density at radius 1 is 1.37 bits per heavy atom. The molecule has 0 fully saturated rings. The van der Waals surface area contributed by atoms with Crippen molar-refractivity contribution in [1.82, 2.24) is 5.43 Å². The largest absolute Gasteiger partial charge is 0.271 e. The van der Waals surface area contributed by atoms with Crippen LogP contribution in [0, 0.1) is 19.7 Å². The number of hydrogen-bond acceptors (Lipinski definition) is 3. The topological polar surface area (TPSA) is 38.0 Å². The fraction of sp³-hybridized carbons (Fsp3) is 0.286. The molecule has 1 aromatic heterocycles. The van der Waals surface area contributed by atoms with Crippen molar-refractivity contribution in [2.45, 2.75) is 26.3 Å². The van der Waals surface area contributed by atoms with Crippen molar-refractivity contribution in [2.24, 2.45) is 5.84 Å². The highest BCUT2D eigenvalue weighted by Crippen LogP contribution is 2.29. The molecule has 0 bridgehead atoms. The Bertz CT molecular complexity index is 563. The van der Waals surface area contributed by atoms with Gasteiger partial charge in [0.1, 0.15) is 5.82 Å². The molecule has 0 saturated carbocycles. The summed E-state index contributed by atoms with van der Waals surface area (Å²) in [6, 6.07) is 6.91. The van der Waals surface area contributed by atoms with Gasteiger partial charge in [-0.15, -0.1) is 11.3 Å². The zero-order chi connectivity index (χ0) is 14.0. The third-order valence-electron chi connectivity index (χ3n) is 3.15. The van der Waals surface area contributed by atoms with Crippen LogP contribution in [0.1, 0.15) is 26.9 Å². The predicted octanol–water partition coefficient (Wildman–Crippen LogP) is 3.90. The van der Waals surface area contributed by atoms with Gasteiger partial charge in [0, 0.05) is 9.75 Å². The molecule has 3 N–H and O–H groups in total. The van der Waals surface area contributed by atoms with Gasteiger partial charge in [0.25, 0.3) is 0 Å². The maximum atomic E-state index is 13.1. The molecule has 1 atom stereocenters. The third-order valence-corrected chi connectivity index (χ3v) is 4.71. The SMILES string of the molecule is Cc1cc(C(Cc2ccc(F)c(Cl)c2)NN)sc1C. The van der Waals surface area contributed by atoms with E-state index in [2.05, 4.69) is 25.3 Å². The quantitative estimate of drug-likeness (QED) is 0.663. The van der Waals surface area contributed by atoms with Crippen molar-refractivity contribution >= 4 is 22.9 Å². The van der Waals surface area contributed by atoms with Crippen molar-refractivity contribution in [3.05, 3.63) is 56.0 Å². The van der Waals surface area contributed by atoms with Crippen LogP contribution in [0.4, 0.5) is 4.39 Å². The van der Waals surface area contributed by atoms with Crippen LogP contribution in [-0.4, -0.2) is 0 Å². The van der Waals surface area contributed by atoms with Gasteiger partial charge in [-0.2, -0.15) is 0 Å². The molecule has 1 aromatic carbocycles. The summed E-state index contributed by atoms with van der Waals surface area (Å²) in [6.45, 7) is 4.17. The van der Waals surface area contributed by atoms with Gasteiger partial charge < -0.3 is 0 Å². The summed E-state index contributed by atoms with van der Waals surface area (Å²) in [7, 11) is 0. The van der Waals surface area contributed by atoms with Crippen LogP contribution in [0.15, 0.2) is 24.3 Å². The molecule has 0 amide bonds. The second-order valence-corrected chi connectivity index (χ2v) is 6.25. The molecule has 1 heterocycles. The summed E-state index contributed by atoms with van der Waals surface area (Å²) < 4.78 is 13.1. The van der Waals surface area contributed by atoms with Crippen molar-refractivity contribution in [2.75, 3.05) is 0 Å². The second-order valence-electron chi connectivity index (χ2n) is 4.56. The standard InChI is InChI=1S/C14H16ClFN2S/c1-8-5-14(19-9(8)2)13(18-17)7-10-3-4-12(16)11(15)6-10/h3-6,13,18H,7,17H2,1-2H3. The first kappa shape index (κ1) is 14.5. The molecule has 19 heavy (non-hydrogen) atoms. The van der Waals surface area contributed by atoms with E-state index in [1.54, 1.807) is 23.5 Å². The molecular weight excluding hydrogens is 283 g/mol. The van der Waals surface area contributed by atoms with Crippen molar-refractivity contribution in [3.63, 3.8) is 0 Å². The van der Waals surface area contributed by atoms with Crippen LogP contribution in [0.25, 0.3) is 0 Å². The molecule has 0 spiro atoms. The van der Waals surface area contributed by atoms with E-state index in [0.29, 0.717) is 6.42 Å². The van der Waals surface area contributed by atoms with E-state index in [-0.39, 0.29) is 11.1 Å². The number of thiophene rings is 1. The first-order valence-corrected chi connectivity index (χ1v) is 7.17. The highest BCUT2D eigenvalue weighted by atomic mass is 35.5. The van der Waals surface area contributed by atoms with E-state index in [1.165, 1.54) is 21.4 Å². The van der Waals surface area contributed by atoms with Crippen LogP contribution in [0.2, 0.25) is 5.02 Å². The normalized spacial score (nSPS) is 12.7. The minimum absolute atomic E-state index is 0.0129. The summed E-state index contributed by atoms with van der Waals surface area (Å²) >= 11 is 7.52. The average Bonchev–Trinajstić information content (AvgIpc) is 2.71. The zero-order valence-corrected chi connectivity index (χ0v) is 12.4. The van der Waals surface area contributed by atoms with Gasteiger partial charge in [-0.05, 0) is 49.6 Å². The molecule has 0 aliphatic carbocycles. The highest BCUT2D eigenvalue weighted by molar-refractivity contribution is 7.12. The number of benzene rings is 1. The molecule has 2 rings (SSSR count). The maximum absolute atomic E-state index is 13.1. The van der Waals surface area contributed by atoms with Gasteiger partial charge >= 0.3 is 0 Å². The molecule has 102 valence electrons. The summed E-state index contributed by atoms with van der Waals surface area (Å²) in [5.74, 6) is 5.23. The second kappa shape index (κ2) is 6.01. The Balaban J connectivity index is 2.21. The van der Waals surface area contributed by atoms with Crippen molar-refractivity contribution in [1.29, 1.82) is 0 Å². The smallest absolute Gasteiger partial charge is 0.141 e. The summed E-state index contributed by atoms with van der Waals surface area (Å²) in [6.07, 6.45) is 0.676. The molecule has 2 aromatic rings. The summed E-state index contributed by atoms with van der Waals surface area (Å²) in [5.41, 5.74) is 5.03. The Morgan fingerprint density at radius 2 is 2.11 bits per heavy atom. The van der Waals surface area contributed by atoms with Gasteiger partial charge in [0.15, 0.2) is 0 Å². The first-order chi connectivity index (χ1) is 9.01. The van der Waals surface area contributed by atoms with Crippen molar-refractivity contribution in [3.8, 4) is 0 Å². The average molecular weight is 299 g/mol. The van der Waals surface area contributed by atoms with Crippen molar-refractivity contribution < 1.29 is 4.39 Å². The third kappa shape index (κ3) is 3.34. The highest BCUT2D eigenvalue weighted by Gasteiger charge is 2.15. The van der Waals surface area contributed by atoms with Gasteiger partial charge in [-0.1, -0.05) is 17.7 Å². The lowest BCUT2D eigenvalue weighted by atomic mass is 10.0. The molecule has 0 aliphatic rings. The Morgan fingerprint density at radius 3 is 2.63 bits per heavy atom. The number of nitrogens with one attached hydrogen (secondary N) is 1. The van der Waals surface area contributed by atoms with E-state index in [9.17, 15) is 4.39 Å². The molecule has 0 aliphatic heterocycles. The number of aryl methyl sites for hydroxylation is 2. The van der Waals surface area contributed by atoms with E-state index in [4.69, 9.17) is 17.4 Å². The fourth-order valence-electron chi connectivity index (χ4n) is 1.92. The van der Waals surface area contributed by atoms with Crippen LogP contribution in [0.3, 0.4) is 0 Å².